The Kier molecular flexibility index (Phi) is 11.9. The van der Waals surface area contributed by atoms with Gasteiger partial charge in [-0.1, -0.05) is 6.42 Å². The minimum atomic E-state index is -2.86. The number of rotatable bonds is 11. The second kappa shape index (κ2) is 14.6. The van der Waals surface area contributed by atoms with Crippen LogP contribution in [0.25, 0.3) is 0 Å². The first-order chi connectivity index (χ1) is 17.6. The fraction of sp³-hybridized carbons (Fsp3) is 0.926. The summed E-state index contributed by atoms with van der Waals surface area (Å²) < 4.78 is 68.0. The van der Waals surface area contributed by atoms with Crippen LogP contribution in [0.4, 0.5) is 22.0 Å². The normalized spacial score (nSPS) is 31.8. The molecule has 0 aromatic rings. The second-order valence-electron chi connectivity index (χ2n) is 11.5. The van der Waals surface area contributed by atoms with Crippen LogP contribution in [0.3, 0.4) is 0 Å². The van der Waals surface area contributed by atoms with Gasteiger partial charge in [0.25, 0.3) is 6.43 Å². The molecule has 5 nitrogen and oxygen atoms in total. The maximum Gasteiger partial charge on any atom is 0.255 e. The Balaban J connectivity index is 1.73. The number of alkyl halides is 5. The van der Waals surface area contributed by atoms with Crippen LogP contribution in [-0.2, 0) is 9.59 Å². The van der Waals surface area contributed by atoms with Crippen LogP contribution in [-0.4, -0.2) is 66.1 Å². The summed E-state index contributed by atoms with van der Waals surface area (Å²) in [6.07, 6.45) is -0.0948. The van der Waals surface area contributed by atoms with Crippen molar-refractivity contribution in [3.8, 4) is 0 Å². The lowest BCUT2D eigenvalue weighted by Gasteiger charge is -2.40. The lowest BCUT2D eigenvalue weighted by atomic mass is 9.76. The van der Waals surface area contributed by atoms with E-state index < -0.39 is 55.3 Å². The summed E-state index contributed by atoms with van der Waals surface area (Å²) in [5, 5.41) is 12.5. The summed E-state index contributed by atoms with van der Waals surface area (Å²) in [6, 6.07) is -1.23. The molecule has 0 spiro atoms. The molecule has 37 heavy (non-hydrogen) atoms. The zero-order valence-corrected chi connectivity index (χ0v) is 21.6. The molecule has 3 fully saturated rings. The maximum absolute atomic E-state index is 13.7. The number of hydrogen-bond acceptors (Lipinski definition) is 3. The topological polar surface area (TPSA) is 69.6 Å². The Hall–Kier alpha value is -1.45. The average Bonchev–Trinajstić information content (AvgIpc) is 2.87. The fourth-order valence-electron chi connectivity index (χ4n) is 6.49. The summed E-state index contributed by atoms with van der Waals surface area (Å²) in [6.45, 7) is -0.655. The van der Waals surface area contributed by atoms with Crippen molar-refractivity contribution in [3.63, 3.8) is 0 Å². The molecule has 3 rings (SSSR count). The van der Waals surface area contributed by atoms with Crippen LogP contribution >= 0.6 is 0 Å². The van der Waals surface area contributed by atoms with Crippen molar-refractivity contribution >= 4 is 11.8 Å². The standard InChI is InChI=1S/C27H43F5N2O3/c28-21-9-4-18(5-10-21)15-33-27(37)25(19-2-1-3-20(14-19)26(31)32)34(16-23(29)30)24(36)13-8-17-6-11-22(35)12-7-17/h17-23,25-26,35H,1-16H2,(H,33,37). The first-order valence-electron chi connectivity index (χ1n) is 14.1. The number of carbonyl (C=O) groups excluding carboxylic acids is 2. The first-order valence-corrected chi connectivity index (χ1v) is 14.1. The Bertz CT molecular complexity index is 712. The van der Waals surface area contributed by atoms with Gasteiger partial charge in [-0.05, 0) is 94.8 Å². The number of nitrogens with one attached hydrogen (secondary N) is 1. The van der Waals surface area contributed by atoms with E-state index in [0.717, 1.165) is 17.7 Å². The molecule has 3 atom stereocenters. The molecule has 3 aliphatic carbocycles. The van der Waals surface area contributed by atoms with Crippen LogP contribution < -0.4 is 5.32 Å². The highest BCUT2D eigenvalue weighted by Crippen LogP contribution is 2.37. The van der Waals surface area contributed by atoms with Gasteiger partial charge in [-0.2, -0.15) is 0 Å². The van der Waals surface area contributed by atoms with Crippen molar-refractivity contribution in [2.24, 2.45) is 23.7 Å². The monoisotopic (exact) mass is 538 g/mol. The number of amides is 2. The number of carbonyl (C=O) groups is 2. The molecule has 3 saturated carbocycles. The van der Waals surface area contributed by atoms with Crippen LogP contribution in [0.5, 0.6) is 0 Å². The molecule has 214 valence electrons. The largest absolute Gasteiger partial charge is 0.393 e. The summed E-state index contributed by atoms with van der Waals surface area (Å²) in [7, 11) is 0. The van der Waals surface area contributed by atoms with Crippen molar-refractivity contribution in [1.29, 1.82) is 0 Å². The van der Waals surface area contributed by atoms with Crippen molar-refractivity contribution < 1.29 is 36.6 Å². The van der Waals surface area contributed by atoms with E-state index in [1.54, 1.807) is 0 Å². The Morgan fingerprint density at radius 3 is 2.11 bits per heavy atom. The van der Waals surface area contributed by atoms with E-state index in [-0.39, 0.29) is 37.3 Å². The van der Waals surface area contributed by atoms with Gasteiger partial charge >= 0.3 is 0 Å². The zero-order valence-electron chi connectivity index (χ0n) is 21.6. The molecular formula is C27H43F5N2O3. The highest BCUT2D eigenvalue weighted by Gasteiger charge is 2.41. The van der Waals surface area contributed by atoms with E-state index >= 15 is 0 Å². The highest BCUT2D eigenvalue weighted by molar-refractivity contribution is 5.88. The Morgan fingerprint density at radius 2 is 1.49 bits per heavy atom. The summed E-state index contributed by atoms with van der Waals surface area (Å²) in [5.41, 5.74) is 0. The van der Waals surface area contributed by atoms with Gasteiger partial charge in [0.05, 0.1) is 12.6 Å². The predicted molar refractivity (Wildman–Crippen MR) is 130 cm³/mol. The van der Waals surface area contributed by atoms with Gasteiger partial charge in [-0.15, -0.1) is 0 Å². The zero-order chi connectivity index (χ0) is 26.9. The number of aliphatic hydroxyl groups excluding tert-OH is 1. The molecule has 2 amide bonds. The molecule has 0 aromatic heterocycles. The van der Waals surface area contributed by atoms with Crippen LogP contribution in [0.2, 0.25) is 0 Å². The quantitative estimate of drug-likeness (QED) is 0.342. The number of aliphatic hydroxyl groups is 1. The van der Waals surface area contributed by atoms with Gasteiger partial charge in [-0.3, -0.25) is 9.59 Å². The van der Waals surface area contributed by atoms with Crippen molar-refractivity contribution in [2.75, 3.05) is 13.1 Å². The Labute approximate surface area is 216 Å². The Morgan fingerprint density at radius 1 is 0.865 bits per heavy atom. The van der Waals surface area contributed by atoms with Crippen molar-refractivity contribution in [3.05, 3.63) is 0 Å². The summed E-state index contributed by atoms with van der Waals surface area (Å²) >= 11 is 0. The molecule has 0 bridgehead atoms. The summed E-state index contributed by atoms with van der Waals surface area (Å²) in [5.74, 6) is -2.40. The van der Waals surface area contributed by atoms with Crippen LogP contribution in [0.1, 0.15) is 89.9 Å². The molecule has 0 aliphatic heterocycles. The highest BCUT2D eigenvalue weighted by atomic mass is 19.3. The van der Waals surface area contributed by atoms with Crippen LogP contribution in [0, 0.1) is 23.7 Å². The molecular weight excluding hydrogens is 495 g/mol. The van der Waals surface area contributed by atoms with E-state index in [1.807, 2.05) is 0 Å². The minimum Gasteiger partial charge on any atom is -0.393 e. The number of halogens is 5. The molecule has 0 heterocycles. The van der Waals surface area contributed by atoms with E-state index in [9.17, 15) is 36.6 Å². The minimum absolute atomic E-state index is 0.00275. The van der Waals surface area contributed by atoms with Crippen molar-refractivity contribution in [1.82, 2.24) is 10.2 Å². The molecule has 10 heteroatoms. The smallest absolute Gasteiger partial charge is 0.255 e. The number of hydrogen-bond donors (Lipinski definition) is 2. The first kappa shape index (κ1) is 30.1. The van der Waals surface area contributed by atoms with Gasteiger partial charge in [0.1, 0.15) is 12.2 Å². The van der Waals surface area contributed by atoms with E-state index in [1.165, 1.54) is 0 Å². The average molecular weight is 539 g/mol. The third-order valence-corrected chi connectivity index (χ3v) is 8.74. The SMILES string of the molecule is O=C(NCC1CCC(F)CC1)C(C1CCCC(C(F)F)C1)N(CC(F)F)C(=O)CCC1CCC(O)CC1. The molecule has 0 aromatic carbocycles. The predicted octanol–water partition coefficient (Wildman–Crippen LogP) is 5.50. The lowest BCUT2D eigenvalue weighted by molar-refractivity contribution is -0.146. The fourth-order valence-corrected chi connectivity index (χ4v) is 6.49. The van der Waals surface area contributed by atoms with Gasteiger partial charge < -0.3 is 15.3 Å². The van der Waals surface area contributed by atoms with Crippen LogP contribution in [0.15, 0.2) is 0 Å². The second-order valence-corrected chi connectivity index (χ2v) is 11.5. The number of nitrogens with zero attached hydrogens (tertiary/aromatic N) is 1. The van der Waals surface area contributed by atoms with Gasteiger partial charge in [0.2, 0.25) is 18.2 Å². The van der Waals surface area contributed by atoms with E-state index in [2.05, 4.69) is 5.32 Å². The molecule has 0 saturated heterocycles. The molecule has 3 aliphatic rings. The van der Waals surface area contributed by atoms with Crippen molar-refractivity contribution in [2.45, 2.75) is 121 Å². The van der Waals surface area contributed by atoms with E-state index in [0.29, 0.717) is 64.2 Å². The summed E-state index contributed by atoms with van der Waals surface area (Å²) in [4.78, 5) is 27.7. The third kappa shape index (κ3) is 9.36. The molecule has 0 radical (unpaired) electrons. The third-order valence-electron chi connectivity index (χ3n) is 8.74. The van der Waals surface area contributed by atoms with Gasteiger partial charge in [-0.25, -0.2) is 22.0 Å². The van der Waals surface area contributed by atoms with Gasteiger partial charge in [0.15, 0.2) is 0 Å². The molecule has 2 N–H and O–H groups in total. The lowest BCUT2D eigenvalue weighted by Crippen LogP contribution is -2.56. The van der Waals surface area contributed by atoms with Gasteiger partial charge in [0, 0.05) is 18.9 Å². The maximum atomic E-state index is 13.7. The molecule has 3 unspecified atom stereocenters. The van der Waals surface area contributed by atoms with E-state index in [4.69, 9.17) is 0 Å².